The Kier molecular flexibility index (Phi) is 5.46. The Morgan fingerprint density at radius 2 is 2.08 bits per heavy atom. The third-order valence-corrected chi connectivity index (χ3v) is 5.31. The number of aromatic nitrogens is 4. The summed E-state index contributed by atoms with van der Waals surface area (Å²) in [6, 6.07) is 9.62. The summed E-state index contributed by atoms with van der Waals surface area (Å²) in [5.41, 5.74) is 3.81. The Balaban J connectivity index is 1.77. The van der Waals surface area contributed by atoms with Crippen molar-refractivity contribution in [2.75, 3.05) is 12.9 Å². The lowest BCUT2D eigenvalue weighted by Crippen LogP contribution is -2.06. The van der Waals surface area contributed by atoms with E-state index in [2.05, 4.69) is 21.7 Å². The van der Waals surface area contributed by atoms with Crippen LogP contribution in [0.15, 0.2) is 41.8 Å². The Labute approximate surface area is 157 Å². The first kappa shape index (κ1) is 18.3. The molecule has 1 aromatic carbocycles. The van der Waals surface area contributed by atoms with Crippen LogP contribution in [0.4, 0.5) is 0 Å². The Morgan fingerprint density at radius 3 is 2.77 bits per heavy atom. The number of carbonyl (C=O) groups excluding carboxylic acids is 1. The molecule has 2 aromatic heterocycles. The maximum absolute atomic E-state index is 12.7. The first-order valence-electron chi connectivity index (χ1n) is 8.42. The quantitative estimate of drug-likeness (QED) is 0.469. The number of nitrogens with zero attached hydrogens (tertiary/aromatic N) is 4. The average molecular weight is 370 g/mol. The molecule has 0 bridgehead atoms. The van der Waals surface area contributed by atoms with Gasteiger partial charge >= 0.3 is 0 Å². The third kappa shape index (κ3) is 3.53. The number of hydrogen-bond donors (Lipinski definition) is 0. The molecular formula is C19H22N4O2S. The van der Waals surface area contributed by atoms with Gasteiger partial charge < -0.3 is 9.30 Å². The lowest BCUT2D eigenvalue weighted by atomic mass is 10.2. The number of rotatable bonds is 7. The molecule has 7 heteroatoms. The zero-order chi connectivity index (χ0) is 18.7. The van der Waals surface area contributed by atoms with E-state index in [9.17, 15) is 4.79 Å². The van der Waals surface area contributed by atoms with Gasteiger partial charge in [-0.15, -0.1) is 10.2 Å². The van der Waals surface area contributed by atoms with E-state index >= 15 is 0 Å². The maximum atomic E-state index is 12.7. The second kappa shape index (κ2) is 7.78. The van der Waals surface area contributed by atoms with Gasteiger partial charge in [-0.2, -0.15) is 0 Å². The predicted molar refractivity (Wildman–Crippen MR) is 103 cm³/mol. The molecule has 2 heterocycles. The first-order chi connectivity index (χ1) is 12.5. The number of Topliss-reactive ketones (excluding diaryl/α,β-unsaturated/α-hetero) is 1. The van der Waals surface area contributed by atoms with Crippen LogP contribution in [-0.4, -0.2) is 38.0 Å². The van der Waals surface area contributed by atoms with Crippen molar-refractivity contribution in [3.8, 4) is 11.4 Å². The monoisotopic (exact) mass is 370 g/mol. The van der Waals surface area contributed by atoms with Crippen molar-refractivity contribution in [3.05, 3.63) is 53.6 Å². The summed E-state index contributed by atoms with van der Waals surface area (Å²) >= 11 is 1.39. The number of thioether (sulfide) groups is 1. The largest absolute Gasteiger partial charge is 0.497 e. The predicted octanol–water partition coefficient (Wildman–Crippen LogP) is 3.69. The van der Waals surface area contributed by atoms with E-state index in [4.69, 9.17) is 4.74 Å². The van der Waals surface area contributed by atoms with Crippen LogP contribution in [0.2, 0.25) is 0 Å². The van der Waals surface area contributed by atoms with Crippen molar-refractivity contribution in [2.45, 2.75) is 32.5 Å². The van der Waals surface area contributed by atoms with E-state index in [1.807, 2.05) is 48.7 Å². The normalized spacial score (nSPS) is 10.9. The van der Waals surface area contributed by atoms with Crippen LogP contribution in [0.5, 0.6) is 5.75 Å². The van der Waals surface area contributed by atoms with Crippen molar-refractivity contribution in [2.24, 2.45) is 0 Å². The van der Waals surface area contributed by atoms with E-state index in [1.165, 1.54) is 11.8 Å². The van der Waals surface area contributed by atoms with Crippen LogP contribution < -0.4 is 4.74 Å². The van der Waals surface area contributed by atoms with E-state index in [-0.39, 0.29) is 5.78 Å². The van der Waals surface area contributed by atoms with Gasteiger partial charge in [-0.1, -0.05) is 17.8 Å². The van der Waals surface area contributed by atoms with Crippen LogP contribution in [0.25, 0.3) is 5.69 Å². The summed E-state index contributed by atoms with van der Waals surface area (Å²) in [6.45, 7) is 6.97. The van der Waals surface area contributed by atoms with Crippen LogP contribution in [0, 0.1) is 13.8 Å². The van der Waals surface area contributed by atoms with Crippen molar-refractivity contribution in [3.63, 3.8) is 0 Å². The van der Waals surface area contributed by atoms with Gasteiger partial charge in [-0.25, -0.2) is 0 Å². The summed E-state index contributed by atoms with van der Waals surface area (Å²) < 4.78 is 9.28. The fourth-order valence-electron chi connectivity index (χ4n) is 3.04. The summed E-state index contributed by atoms with van der Waals surface area (Å²) in [6.07, 6.45) is 1.64. The zero-order valence-electron chi connectivity index (χ0n) is 15.4. The van der Waals surface area contributed by atoms with Gasteiger partial charge in [0.25, 0.3) is 0 Å². The minimum atomic E-state index is 0.1000. The molecule has 6 nitrogen and oxygen atoms in total. The standard InChI is InChI=1S/C19H22N4O2S/c1-5-22-13(2)9-17(14(22)3)18(24)11-26-19-21-20-12-23(19)15-7-6-8-16(10-15)25-4/h6-10,12H,5,11H2,1-4H3. The Morgan fingerprint density at radius 1 is 1.27 bits per heavy atom. The molecule has 0 atom stereocenters. The van der Waals surface area contributed by atoms with Crippen LogP contribution in [-0.2, 0) is 6.54 Å². The third-order valence-electron chi connectivity index (χ3n) is 4.37. The second-order valence-electron chi connectivity index (χ2n) is 5.93. The number of aryl methyl sites for hydroxylation is 1. The molecule has 136 valence electrons. The molecule has 3 aromatic rings. The van der Waals surface area contributed by atoms with Crippen LogP contribution in [0.1, 0.15) is 28.7 Å². The molecule has 0 aliphatic rings. The SMILES string of the molecule is CCn1c(C)cc(C(=O)CSc2nncn2-c2cccc(OC)c2)c1C. The highest BCUT2D eigenvalue weighted by atomic mass is 32.2. The Bertz CT molecular complexity index is 930. The van der Waals surface area contributed by atoms with Crippen molar-refractivity contribution >= 4 is 17.5 Å². The summed E-state index contributed by atoms with van der Waals surface area (Å²) in [5, 5.41) is 8.82. The fourth-order valence-corrected chi connectivity index (χ4v) is 3.85. The maximum Gasteiger partial charge on any atom is 0.196 e. The number of hydrogen-bond acceptors (Lipinski definition) is 5. The van der Waals surface area contributed by atoms with E-state index < -0.39 is 0 Å². The van der Waals surface area contributed by atoms with Crippen molar-refractivity contribution in [1.82, 2.24) is 19.3 Å². The number of ketones is 1. The molecule has 0 N–H and O–H groups in total. The minimum absolute atomic E-state index is 0.1000. The average Bonchev–Trinajstić information content (AvgIpc) is 3.23. The number of ether oxygens (including phenoxy) is 1. The molecule has 0 spiro atoms. The summed E-state index contributed by atoms with van der Waals surface area (Å²) in [7, 11) is 1.63. The van der Waals surface area contributed by atoms with Gasteiger partial charge in [-0.3, -0.25) is 9.36 Å². The lowest BCUT2D eigenvalue weighted by Gasteiger charge is -2.08. The van der Waals surface area contributed by atoms with Gasteiger partial charge in [0.1, 0.15) is 12.1 Å². The van der Waals surface area contributed by atoms with Gasteiger partial charge in [0, 0.05) is 29.6 Å². The topological polar surface area (TPSA) is 61.9 Å². The minimum Gasteiger partial charge on any atom is -0.497 e. The van der Waals surface area contributed by atoms with Gasteiger partial charge in [0.2, 0.25) is 0 Å². The molecule has 0 saturated heterocycles. The van der Waals surface area contributed by atoms with E-state index in [0.29, 0.717) is 10.9 Å². The number of methoxy groups -OCH3 is 1. The molecule has 0 saturated carbocycles. The molecule has 0 fully saturated rings. The number of carbonyl (C=O) groups is 1. The van der Waals surface area contributed by atoms with Crippen LogP contribution in [0.3, 0.4) is 0 Å². The summed E-state index contributed by atoms with van der Waals surface area (Å²) in [5.74, 6) is 1.18. The molecule has 0 aliphatic carbocycles. The number of benzene rings is 1. The molecule has 0 radical (unpaired) electrons. The highest BCUT2D eigenvalue weighted by Gasteiger charge is 2.17. The van der Waals surface area contributed by atoms with Crippen molar-refractivity contribution in [1.29, 1.82) is 0 Å². The van der Waals surface area contributed by atoms with Crippen LogP contribution >= 0.6 is 11.8 Å². The molecule has 0 amide bonds. The first-order valence-corrected chi connectivity index (χ1v) is 9.40. The summed E-state index contributed by atoms with van der Waals surface area (Å²) in [4.78, 5) is 12.7. The highest BCUT2D eigenvalue weighted by molar-refractivity contribution is 7.99. The molecular weight excluding hydrogens is 348 g/mol. The van der Waals surface area contributed by atoms with E-state index in [1.54, 1.807) is 13.4 Å². The molecule has 3 rings (SSSR count). The molecule has 0 aliphatic heterocycles. The lowest BCUT2D eigenvalue weighted by molar-refractivity contribution is 0.102. The van der Waals surface area contributed by atoms with Gasteiger partial charge in [-0.05, 0) is 39.0 Å². The van der Waals surface area contributed by atoms with Gasteiger partial charge in [0.15, 0.2) is 10.9 Å². The fraction of sp³-hybridized carbons (Fsp3) is 0.316. The van der Waals surface area contributed by atoms with E-state index in [0.717, 1.165) is 34.9 Å². The van der Waals surface area contributed by atoms with Gasteiger partial charge in [0.05, 0.1) is 18.6 Å². The Hall–Kier alpha value is -2.54. The highest BCUT2D eigenvalue weighted by Crippen LogP contribution is 2.24. The second-order valence-corrected chi connectivity index (χ2v) is 6.87. The van der Waals surface area contributed by atoms with Crippen molar-refractivity contribution < 1.29 is 9.53 Å². The molecule has 0 unspecified atom stereocenters. The smallest absolute Gasteiger partial charge is 0.196 e. The zero-order valence-corrected chi connectivity index (χ0v) is 16.2. The molecule has 26 heavy (non-hydrogen) atoms.